The molecule has 3 heteroatoms. The maximum Gasteiger partial charge on any atom is 0.0492 e. The number of hydrogen-bond acceptors (Lipinski definition) is 2. The Labute approximate surface area is 38.4 Å². The van der Waals surface area contributed by atoms with Gasteiger partial charge in [-0.3, -0.25) is 10.3 Å². The van der Waals surface area contributed by atoms with Crippen LogP contribution in [-0.4, -0.2) is 6.16 Å². The van der Waals surface area contributed by atoms with Gasteiger partial charge in [0.1, 0.15) is 0 Å². The van der Waals surface area contributed by atoms with Gasteiger partial charge in [0.2, 0.25) is 0 Å². The van der Waals surface area contributed by atoms with Crippen molar-refractivity contribution in [2.24, 2.45) is 0 Å². The van der Waals surface area contributed by atoms with Gasteiger partial charge in [-0.05, 0) is 6.42 Å². The minimum atomic E-state index is -1.10. The maximum absolute atomic E-state index is 6.71. The van der Waals surface area contributed by atoms with Crippen molar-refractivity contribution in [1.82, 2.24) is 0 Å². The molecule has 0 atom stereocenters. The molecule has 0 aromatic carbocycles. The van der Waals surface area contributed by atoms with E-state index in [1.807, 2.05) is 6.92 Å². The Bertz CT molecular complexity index is 76.8. The molecule has 0 aliphatic rings. The summed E-state index contributed by atoms with van der Waals surface area (Å²) in [5, 5.41) is 13.4. The van der Waals surface area contributed by atoms with Crippen LogP contribution in [0.1, 0.15) is 13.3 Å². The van der Waals surface area contributed by atoms with Crippen LogP contribution in [0.4, 0.5) is 0 Å². The summed E-state index contributed by atoms with van der Waals surface area (Å²) >= 11 is 0. The van der Waals surface area contributed by atoms with E-state index >= 15 is 0 Å². The zero-order chi connectivity index (χ0) is 4.99. The third-order valence-corrected chi connectivity index (χ3v) is 1.34. The number of nitrogens with one attached hydrogen (secondary N) is 2. The first-order valence-corrected chi connectivity index (χ1v) is 3.50. The molecular weight excluding hydrogens is 95.0 g/mol. The second-order valence-corrected chi connectivity index (χ2v) is 2.45. The summed E-state index contributed by atoms with van der Waals surface area (Å²) in [6.07, 6.45) is 1.76. The van der Waals surface area contributed by atoms with Crippen molar-refractivity contribution in [2.45, 2.75) is 13.3 Å². The van der Waals surface area contributed by atoms with Crippen LogP contribution < -0.4 is 0 Å². The van der Waals surface area contributed by atoms with Crippen LogP contribution in [0.5, 0.6) is 0 Å². The van der Waals surface area contributed by atoms with Crippen molar-refractivity contribution in [1.29, 1.82) is 10.3 Å². The molecule has 0 saturated carbocycles. The summed E-state index contributed by atoms with van der Waals surface area (Å²) in [6, 6.07) is 0. The monoisotopic (exact) mass is 104 g/mol. The van der Waals surface area contributed by atoms with Crippen LogP contribution in [0.25, 0.3) is 0 Å². The van der Waals surface area contributed by atoms with Crippen molar-refractivity contribution >= 4 is 7.51 Å². The molecule has 0 spiro atoms. The quantitative estimate of drug-likeness (QED) is 0.505. The van der Waals surface area contributed by atoms with Crippen molar-refractivity contribution in [3.8, 4) is 0 Å². The summed E-state index contributed by atoms with van der Waals surface area (Å²) in [5.41, 5.74) is 0. The first kappa shape index (κ1) is 5.90. The number of rotatable bonds is 2. The molecule has 0 unspecified atom stereocenters. The minimum Gasteiger partial charge on any atom is -0.272 e. The van der Waals surface area contributed by atoms with Crippen LogP contribution in [-0.2, 0) is 0 Å². The molecule has 0 aromatic rings. The van der Waals surface area contributed by atoms with Gasteiger partial charge in [0.25, 0.3) is 0 Å². The largest absolute Gasteiger partial charge is 0.272 e. The predicted octanol–water partition coefficient (Wildman–Crippen LogP) is 2.40. The van der Waals surface area contributed by atoms with E-state index in [-0.39, 0.29) is 0 Å². The first-order valence-electron chi connectivity index (χ1n) is 1.97. The van der Waals surface area contributed by atoms with Crippen molar-refractivity contribution in [3.05, 3.63) is 0 Å². The van der Waals surface area contributed by atoms with Crippen molar-refractivity contribution in [3.63, 3.8) is 0 Å². The molecule has 0 fully saturated rings. The highest BCUT2D eigenvalue weighted by molar-refractivity contribution is 7.33. The molecule has 36 valence electrons. The molecule has 2 N–H and O–H groups in total. The van der Waals surface area contributed by atoms with Crippen molar-refractivity contribution < 1.29 is 0 Å². The van der Waals surface area contributed by atoms with Crippen LogP contribution in [0.15, 0.2) is 0 Å². The van der Waals surface area contributed by atoms with Gasteiger partial charge in [0.15, 0.2) is 0 Å². The Kier molecular flexibility index (Phi) is 3.05. The van der Waals surface area contributed by atoms with E-state index < -0.39 is 7.51 Å². The fourth-order valence-corrected chi connectivity index (χ4v) is 0.671. The Hall–Kier alpha value is -0.100. The third kappa shape index (κ3) is 3.90. The Morgan fingerprint density at radius 1 is 1.50 bits per heavy atom. The maximum atomic E-state index is 6.71. The van der Waals surface area contributed by atoms with Gasteiger partial charge >= 0.3 is 0 Å². The van der Waals surface area contributed by atoms with E-state index in [1.165, 1.54) is 0 Å². The smallest absolute Gasteiger partial charge is 0.0492 e. The van der Waals surface area contributed by atoms with Gasteiger partial charge < -0.3 is 0 Å². The van der Waals surface area contributed by atoms with Gasteiger partial charge in [-0.2, -0.15) is 0 Å². The molecule has 2 nitrogen and oxygen atoms in total. The fourth-order valence-electron chi connectivity index (χ4n) is 0.224. The normalized spacial score (nSPS) is 11.2. The SMILES string of the molecule is CCCP(=N)=N. The third-order valence-electron chi connectivity index (χ3n) is 0.447. The van der Waals surface area contributed by atoms with Crippen LogP contribution in [0.3, 0.4) is 0 Å². The van der Waals surface area contributed by atoms with Gasteiger partial charge in [-0.1, -0.05) is 6.92 Å². The molecule has 6 heavy (non-hydrogen) atoms. The van der Waals surface area contributed by atoms with E-state index in [0.29, 0.717) is 0 Å². The lowest BCUT2D eigenvalue weighted by atomic mass is 10.6. The number of hydrogen-bond donors (Lipinski definition) is 2. The van der Waals surface area contributed by atoms with Crippen molar-refractivity contribution in [2.75, 3.05) is 6.16 Å². The van der Waals surface area contributed by atoms with Gasteiger partial charge in [0.05, 0.1) is 0 Å². The standard InChI is InChI=1S/C3H9N2P/c1-2-3-6(4)5/h4-5H,2-3H2,1H3. The van der Waals surface area contributed by atoms with E-state index in [2.05, 4.69) is 0 Å². The zero-order valence-corrected chi connectivity index (χ0v) is 4.76. The highest BCUT2D eigenvalue weighted by Gasteiger charge is 1.72. The molecule has 0 saturated heterocycles. The van der Waals surface area contributed by atoms with E-state index in [1.54, 1.807) is 0 Å². The summed E-state index contributed by atoms with van der Waals surface area (Å²) in [4.78, 5) is 0. The van der Waals surface area contributed by atoms with E-state index in [0.717, 1.165) is 12.6 Å². The molecular formula is C3H9N2P. The summed E-state index contributed by atoms with van der Waals surface area (Å²) in [7, 11) is -1.10. The minimum absolute atomic E-state index is 0.773. The first-order chi connectivity index (χ1) is 2.77. The molecule has 0 rings (SSSR count). The summed E-state index contributed by atoms with van der Waals surface area (Å²) < 4.78 is 0. The molecule has 0 bridgehead atoms. The molecule has 0 heterocycles. The van der Waals surface area contributed by atoms with Gasteiger partial charge in [-0.15, -0.1) is 0 Å². The van der Waals surface area contributed by atoms with Crippen LogP contribution in [0.2, 0.25) is 0 Å². The lowest BCUT2D eigenvalue weighted by molar-refractivity contribution is 1.09. The lowest BCUT2D eigenvalue weighted by Crippen LogP contribution is -1.60. The highest BCUT2D eigenvalue weighted by Crippen LogP contribution is 2.04. The average molecular weight is 104 g/mol. The van der Waals surface area contributed by atoms with E-state index in [4.69, 9.17) is 10.3 Å². The zero-order valence-electron chi connectivity index (χ0n) is 3.86. The second-order valence-electron chi connectivity index (χ2n) is 1.15. The Morgan fingerprint density at radius 2 is 2.00 bits per heavy atom. The topological polar surface area (TPSA) is 47.7 Å². The van der Waals surface area contributed by atoms with Crippen LogP contribution >= 0.6 is 7.51 Å². The fraction of sp³-hybridized carbons (Fsp3) is 1.00. The Morgan fingerprint density at radius 3 is 2.00 bits per heavy atom. The molecule has 0 aromatic heterocycles. The molecule has 0 aliphatic carbocycles. The summed E-state index contributed by atoms with van der Waals surface area (Å²) in [5.74, 6) is 0. The predicted molar refractivity (Wildman–Crippen MR) is 27.5 cm³/mol. The average Bonchev–Trinajstić information content (AvgIpc) is 1.35. The molecule has 0 radical (unpaired) electrons. The lowest BCUT2D eigenvalue weighted by Gasteiger charge is -1.76. The van der Waals surface area contributed by atoms with Gasteiger partial charge in [0, 0.05) is 13.7 Å². The van der Waals surface area contributed by atoms with Gasteiger partial charge in [-0.25, -0.2) is 0 Å². The van der Waals surface area contributed by atoms with E-state index in [9.17, 15) is 0 Å². The molecule has 0 aliphatic heterocycles. The summed E-state index contributed by atoms with van der Waals surface area (Å²) in [6.45, 7) is 2.00. The van der Waals surface area contributed by atoms with Crippen LogP contribution in [0, 0.1) is 10.3 Å². The molecule has 0 amide bonds. The highest BCUT2D eigenvalue weighted by atomic mass is 31.1. The Balaban J connectivity index is 3.07. The second kappa shape index (κ2) is 3.10.